The van der Waals surface area contributed by atoms with Crippen molar-refractivity contribution in [2.75, 3.05) is 6.54 Å². The van der Waals surface area contributed by atoms with Gasteiger partial charge in [-0.15, -0.1) is 11.3 Å². The Bertz CT molecular complexity index is 570. The van der Waals surface area contributed by atoms with Crippen LogP contribution in [0.5, 0.6) is 0 Å². The third-order valence-corrected chi connectivity index (χ3v) is 7.46. The number of hydrogen-bond donors (Lipinski definition) is 0. The number of rotatable bonds is 5. The molecule has 1 heterocycles. The Morgan fingerprint density at radius 1 is 1.61 bits per heavy atom. The Balaban J connectivity index is 2.30. The molecule has 1 aliphatic rings. The molecule has 4 nitrogen and oxygen atoms in total. The fraction of sp³-hybridized carbons (Fsp3) is 0.500. The van der Waals surface area contributed by atoms with E-state index in [4.69, 9.17) is 16.9 Å². The molecule has 0 N–H and O–H groups in total. The molecule has 8 heteroatoms. The van der Waals surface area contributed by atoms with Gasteiger partial charge in [0.05, 0.1) is 14.9 Å². The van der Waals surface area contributed by atoms with Crippen LogP contribution in [0.25, 0.3) is 0 Å². The summed E-state index contributed by atoms with van der Waals surface area (Å²) in [6, 6.07) is 3.48. The maximum atomic E-state index is 12.4. The second kappa shape index (κ2) is 5.47. The zero-order chi connectivity index (χ0) is 13.3. The highest BCUT2D eigenvalue weighted by Crippen LogP contribution is 2.39. The van der Waals surface area contributed by atoms with E-state index in [9.17, 15) is 8.42 Å². The van der Waals surface area contributed by atoms with Gasteiger partial charge in [-0.2, -0.15) is 9.57 Å². The van der Waals surface area contributed by atoms with Crippen LogP contribution < -0.4 is 0 Å². The predicted molar refractivity (Wildman–Crippen MR) is 74.2 cm³/mol. The zero-order valence-electron chi connectivity index (χ0n) is 9.27. The molecule has 18 heavy (non-hydrogen) atoms. The first-order chi connectivity index (χ1) is 8.46. The highest BCUT2D eigenvalue weighted by molar-refractivity contribution is 9.11. The van der Waals surface area contributed by atoms with E-state index in [1.807, 2.05) is 6.07 Å². The molecule has 0 aromatic carbocycles. The minimum absolute atomic E-state index is 0.0444. The van der Waals surface area contributed by atoms with Crippen molar-refractivity contribution >= 4 is 48.9 Å². The van der Waals surface area contributed by atoms with Crippen LogP contribution in [0.4, 0.5) is 0 Å². The molecule has 98 valence electrons. The first kappa shape index (κ1) is 14.3. The van der Waals surface area contributed by atoms with Crippen molar-refractivity contribution in [1.29, 1.82) is 5.26 Å². The minimum Gasteiger partial charge on any atom is -0.206 e. The maximum absolute atomic E-state index is 12.4. The lowest BCUT2D eigenvalue weighted by Gasteiger charge is -2.19. The number of halogens is 2. The van der Waals surface area contributed by atoms with Crippen molar-refractivity contribution in [3.63, 3.8) is 0 Å². The van der Waals surface area contributed by atoms with Crippen molar-refractivity contribution < 1.29 is 8.42 Å². The summed E-state index contributed by atoms with van der Waals surface area (Å²) in [7, 11) is -3.53. The SMILES string of the molecule is N#CCCN(C1CC1)S(=O)(=O)c1cc(Cl)c(Br)s1. The van der Waals surface area contributed by atoms with Crippen LogP contribution >= 0.6 is 38.9 Å². The molecule has 0 radical (unpaired) electrons. The van der Waals surface area contributed by atoms with Gasteiger partial charge in [-0.05, 0) is 34.8 Å². The van der Waals surface area contributed by atoms with Gasteiger partial charge in [-0.25, -0.2) is 8.42 Å². The van der Waals surface area contributed by atoms with Crippen molar-refractivity contribution in [3.8, 4) is 6.07 Å². The molecule has 0 unspecified atom stereocenters. The molecule has 0 amide bonds. The second-order valence-corrected chi connectivity index (χ2v) is 8.84. The van der Waals surface area contributed by atoms with E-state index in [1.54, 1.807) is 0 Å². The molecule has 0 atom stereocenters. The number of sulfonamides is 1. The van der Waals surface area contributed by atoms with Crippen molar-refractivity contribution in [3.05, 3.63) is 14.9 Å². The molecule has 0 spiro atoms. The average Bonchev–Trinajstić information content (AvgIpc) is 3.07. The molecule has 0 aliphatic heterocycles. The van der Waals surface area contributed by atoms with Gasteiger partial charge < -0.3 is 0 Å². The van der Waals surface area contributed by atoms with E-state index >= 15 is 0 Å². The first-order valence-electron chi connectivity index (χ1n) is 5.30. The van der Waals surface area contributed by atoms with E-state index < -0.39 is 10.0 Å². The van der Waals surface area contributed by atoms with Crippen LogP contribution in [-0.2, 0) is 10.0 Å². The fourth-order valence-corrected chi connectivity index (χ4v) is 5.81. The standard InChI is InChI=1S/C10H10BrClN2O2S2/c11-10-8(12)6-9(17-10)18(15,16)14(5-1-4-13)7-2-3-7/h6-7H,1-3,5H2. The van der Waals surface area contributed by atoms with Gasteiger partial charge >= 0.3 is 0 Å². The topological polar surface area (TPSA) is 61.2 Å². The Labute approximate surface area is 123 Å². The van der Waals surface area contributed by atoms with Crippen LogP contribution in [0.15, 0.2) is 14.1 Å². The summed E-state index contributed by atoms with van der Waals surface area (Å²) in [6.45, 7) is 0.247. The molecular weight excluding hydrogens is 360 g/mol. The maximum Gasteiger partial charge on any atom is 0.252 e. The lowest BCUT2D eigenvalue weighted by molar-refractivity contribution is 0.412. The molecule has 1 aromatic heterocycles. The Hall–Kier alpha value is -0.130. The molecule has 0 saturated heterocycles. The van der Waals surface area contributed by atoms with Gasteiger partial charge in [0, 0.05) is 19.0 Å². The third kappa shape index (κ3) is 2.89. The highest BCUT2D eigenvalue weighted by Gasteiger charge is 2.38. The fourth-order valence-electron chi connectivity index (χ4n) is 1.59. The lowest BCUT2D eigenvalue weighted by Crippen LogP contribution is -2.33. The summed E-state index contributed by atoms with van der Waals surface area (Å²) in [4.78, 5) is 0. The van der Waals surface area contributed by atoms with Gasteiger partial charge in [0.1, 0.15) is 4.21 Å². The van der Waals surface area contributed by atoms with E-state index in [0.29, 0.717) is 8.81 Å². The summed E-state index contributed by atoms with van der Waals surface area (Å²) in [5.74, 6) is 0. The van der Waals surface area contributed by atoms with Gasteiger partial charge in [-0.1, -0.05) is 11.6 Å². The molecule has 1 aliphatic carbocycles. The first-order valence-corrected chi connectivity index (χ1v) is 8.73. The number of thiophene rings is 1. The van der Waals surface area contributed by atoms with Gasteiger partial charge in [-0.3, -0.25) is 0 Å². The molecule has 1 saturated carbocycles. The monoisotopic (exact) mass is 368 g/mol. The van der Waals surface area contributed by atoms with E-state index in [2.05, 4.69) is 15.9 Å². The van der Waals surface area contributed by atoms with E-state index in [0.717, 1.165) is 24.2 Å². The Morgan fingerprint density at radius 2 is 2.28 bits per heavy atom. The van der Waals surface area contributed by atoms with E-state index in [1.165, 1.54) is 10.4 Å². The lowest BCUT2D eigenvalue weighted by atomic mass is 10.4. The molecule has 1 aromatic rings. The average molecular weight is 370 g/mol. The highest BCUT2D eigenvalue weighted by atomic mass is 79.9. The summed E-state index contributed by atoms with van der Waals surface area (Å²) in [6.07, 6.45) is 1.94. The molecule has 2 rings (SSSR count). The van der Waals surface area contributed by atoms with Gasteiger partial charge in [0.15, 0.2) is 0 Å². The smallest absolute Gasteiger partial charge is 0.206 e. The number of nitriles is 1. The van der Waals surface area contributed by atoms with Crippen molar-refractivity contribution in [2.24, 2.45) is 0 Å². The Kier molecular flexibility index (Phi) is 4.34. The number of hydrogen-bond acceptors (Lipinski definition) is 4. The van der Waals surface area contributed by atoms with Crippen LogP contribution in [0.2, 0.25) is 5.02 Å². The summed E-state index contributed by atoms with van der Waals surface area (Å²) >= 11 is 10.2. The second-order valence-electron chi connectivity index (χ2n) is 3.94. The Morgan fingerprint density at radius 3 is 2.72 bits per heavy atom. The van der Waals surface area contributed by atoms with Crippen LogP contribution in [-0.4, -0.2) is 25.3 Å². The molecule has 0 bridgehead atoms. The van der Waals surface area contributed by atoms with E-state index in [-0.39, 0.29) is 23.2 Å². The summed E-state index contributed by atoms with van der Waals surface area (Å²) in [5.41, 5.74) is 0. The summed E-state index contributed by atoms with van der Waals surface area (Å²) < 4.78 is 27.1. The largest absolute Gasteiger partial charge is 0.252 e. The molecular formula is C10H10BrClN2O2S2. The molecule has 1 fully saturated rings. The van der Waals surface area contributed by atoms with Crippen LogP contribution in [0.1, 0.15) is 19.3 Å². The summed E-state index contributed by atoms with van der Waals surface area (Å²) in [5, 5.41) is 9.00. The van der Waals surface area contributed by atoms with Crippen LogP contribution in [0, 0.1) is 11.3 Å². The van der Waals surface area contributed by atoms with Crippen molar-refractivity contribution in [2.45, 2.75) is 29.5 Å². The van der Waals surface area contributed by atoms with Crippen molar-refractivity contribution in [1.82, 2.24) is 4.31 Å². The zero-order valence-corrected chi connectivity index (χ0v) is 13.2. The normalized spacial score (nSPS) is 15.9. The van der Waals surface area contributed by atoms with Gasteiger partial charge in [0.2, 0.25) is 0 Å². The third-order valence-electron chi connectivity index (χ3n) is 2.58. The number of nitrogens with zero attached hydrogens (tertiary/aromatic N) is 2. The minimum atomic E-state index is -3.53. The predicted octanol–water partition coefficient (Wildman–Crippen LogP) is 3.23. The quantitative estimate of drug-likeness (QED) is 0.800. The van der Waals surface area contributed by atoms with Crippen LogP contribution in [0.3, 0.4) is 0 Å². The van der Waals surface area contributed by atoms with Gasteiger partial charge in [0.25, 0.3) is 10.0 Å².